The molecule has 1 aliphatic rings. The smallest absolute Gasteiger partial charge is 0.289 e. The lowest BCUT2D eigenvalue weighted by Gasteiger charge is -2.35. The van der Waals surface area contributed by atoms with Crippen LogP contribution < -0.4 is 10.2 Å². The number of halogens is 1. The summed E-state index contributed by atoms with van der Waals surface area (Å²) in [5.74, 6) is 0.207. The van der Waals surface area contributed by atoms with Gasteiger partial charge in [-0.15, -0.1) is 0 Å². The molecule has 8 heteroatoms. The number of piperazine rings is 1. The molecule has 3 heterocycles. The Labute approximate surface area is 166 Å². The van der Waals surface area contributed by atoms with Crippen molar-refractivity contribution in [2.75, 3.05) is 36.4 Å². The maximum atomic E-state index is 13.0. The standard InChI is InChI=1S/C21H19FN4O3/c22-16-3-5-17(6-4-16)24-20(27)15-7-8-23-19(14-15)25-9-11-26(12-10-25)21(28)18-2-1-13-29-18/h1-8,13-14H,9-12H2,(H,24,27). The zero-order valence-corrected chi connectivity index (χ0v) is 15.5. The van der Waals surface area contributed by atoms with Crippen LogP contribution in [0.3, 0.4) is 0 Å². The second kappa shape index (κ2) is 8.14. The molecular weight excluding hydrogens is 375 g/mol. The third-order valence-electron chi connectivity index (χ3n) is 4.73. The molecule has 29 heavy (non-hydrogen) atoms. The Kier molecular flexibility index (Phi) is 5.24. The van der Waals surface area contributed by atoms with Crippen LogP contribution in [0.15, 0.2) is 65.4 Å². The van der Waals surface area contributed by atoms with Gasteiger partial charge in [-0.25, -0.2) is 9.37 Å². The van der Waals surface area contributed by atoms with E-state index in [1.165, 1.54) is 30.5 Å². The monoisotopic (exact) mass is 394 g/mol. The number of hydrogen-bond acceptors (Lipinski definition) is 5. The van der Waals surface area contributed by atoms with E-state index in [4.69, 9.17) is 4.42 Å². The predicted octanol–water partition coefficient (Wildman–Crippen LogP) is 3.03. The van der Waals surface area contributed by atoms with Gasteiger partial charge in [0.25, 0.3) is 11.8 Å². The van der Waals surface area contributed by atoms with Crippen molar-refractivity contribution in [3.63, 3.8) is 0 Å². The van der Waals surface area contributed by atoms with Gasteiger partial charge in [-0.2, -0.15) is 0 Å². The lowest BCUT2D eigenvalue weighted by Crippen LogP contribution is -2.49. The highest BCUT2D eigenvalue weighted by atomic mass is 19.1. The molecule has 0 radical (unpaired) electrons. The van der Waals surface area contributed by atoms with Crippen molar-refractivity contribution >= 4 is 23.3 Å². The van der Waals surface area contributed by atoms with Crippen molar-refractivity contribution in [1.29, 1.82) is 0 Å². The second-order valence-corrected chi connectivity index (χ2v) is 6.62. The SMILES string of the molecule is O=C(Nc1ccc(F)cc1)c1ccnc(N2CCN(C(=O)c3ccco3)CC2)c1. The van der Waals surface area contributed by atoms with Crippen LogP contribution in [0.25, 0.3) is 0 Å². The van der Waals surface area contributed by atoms with Gasteiger partial charge in [0, 0.05) is 43.6 Å². The van der Waals surface area contributed by atoms with E-state index in [0.717, 1.165) is 0 Å². The molecule has 3 aromatic rings. The largest absolute Gasteiger partial charge is 0.459 e. The molecule has 0 bridgehead atoms. The van der Waals surface area contributed by atoms with Gasteiger partial charge in [-0.1, -0.05) is 0 Å². The van der Waals surface area contributed by atoms with Gasteiger partial charge in [-0.05, 0) is 48.5 Å². The highest BCUT2D eigenvalue weighted by Gasteiger charge is 2.24. The summed E-state index contributed by atoms with van der Waals surface area (Å²) in [7, 11) is 0. The van der Waals surface area contributed by atoms with Crippen LogP contribution in [0.2, 0.25) is 0 Å². The van der Waals surface area contributed by atoms with Gasteiger partial charge < -0.3 is 19.5 Å². The topological polar surface area (TPSA) is 78.7 Å². The van der Waals surface area contributed by atoms with E-state index in [1.54, 1.807) is 35.4 Å². The van der Waals surface area contributed by atoms with Gasteiger partial charge in [0.15, 0.2) is 5.76 Å². The number of anilines is 2. The molecule has 1 aliphatic heterocycles. The summed E-state index contributed by atoms with van der Waals surface area (Å²) in [6.07, 6.45) is 3.06. The quantitative estimate of drug-likeness (QED) is 0.736. The number of carbonyl (C=O) groups excluding carboxylic acids is 2. The molecule has 0 aliphatic carbocycles. The van der Waals surface area contributed by atoms with Crippen LogP contribution >= 0.6 is 0 Å². The van der Waals surface area contributed by atoms with E-state index in [0.29, 0.717) is 49.0 Å². The van der Waals surface area contributed by atoms with Gasteiger partial charge in [0.05, 0.1) is 6.26 Å². The highest BCUT2D eigenvalue weighted by molar-refractivity contribution is 6.04. The molecule has 1 N–H and O–H groups in total. The van der Waals surface area contributed by atoms with Crippen molar-refractivity contribution in [1.82, 2.24) is 9.88 Å². The van der Waals surface area contributed by atoms with E-state index in [9.17, 15) is 14.0 Å². The van der Waals surface area contributed by atoms with Crippen molar-refractivity contribution in [3.05, 3.63) is 78.1 Å². The lowest BCUT2D eigenvalue weighted by molar-refractivity contribution is 0.0714. The molecule has 2 amide bonds. The highest BCUT2D eigenvalue weighted by Crippen LogP contribution is 2.18. The Hall–Kier alpha value is -3.68. The third kappa shape index (κ3) is 4.26. The van der Waals surface area contributed by atoms with E-state index < -0.39 is 0 Å². The molecule has 0 spiro atoms. The van der Waals surface area contributed by atoms with Gasteiger partial charge in [0.2, 0.25) is 0 Å². The normalized spacial score (nSPS) is 14.0. The van der Waals surface area contributed by atoms with E-state index in [-0.39, 0.29) is 17.6 Å². The number of nitrogens with one attached hydrogen (secondary N) is 1. The Bertz CT molecular complexity index is 997. The van der Waals surface area contributed by atoms with Crippen LogP contribution in [0, 0.1) is 5.82 Å². The van der Waals surface area contributed by atoms with Crippen LogP contribution in [0.1, 0.15) is 20.9 Å². The maximum absolute atomic E-state index is 13.0. The summed E-state index contributed by atoms with van der Waals surface area (Å²) >= 11 is 0. The van der Waals surface area contributed by atoms with E-state index in [2.05, 4.69) is 10.3 Å². The van der Waals surface area contributed by atoms with Crippen LogP contribution in [-0.4, -0.2) is 47.9 Å². The number of amides is 2. The summed E-state index contributed by atoms with van der Waals surface area (Å²) in [6.45, 7) is 2.27. The molecule has 0 saturated carbocycles. The number of benzene rings is 1. The first kappa shape index (κ1) is 18.7. The van der Waals surface area contributed by atoms with E-state index in [1.807, 2.05) is 4.90 Å². The van der Waals surface area contributed by atoms with Gasteiger partial charge in [0.1, 0.15) is 11.6 Å². The van der Waals surface area contributed by atoms with Crippen molar-refractivity contribution in [3.8, 4) is 0 Å². The summed E-state index contributed by atoms with van der Waals surface area (Å²) in [5, 5.41) is 2.74. The third-order valence-corrected chi connectivity index (χ3v) is 4.73. The van der Waals surface area contributed by atoms with Crippen LogP contribution in [0.4, 0.5) is 15.9 Å². The fourth-order valence-corrected chi connectivity index (χ4v) is 3.16. The predicted molar refractivity (Wildman–Crippen MR) is 105 cm³/mol. The Morgan fingerprint density at radius 3 is 2.48 bits per heavy atom. The molecule has 1 saturated heterocycles. The first-order chi connectivity index (χ1) is 14.1. The summed E-state index contributed by atoms with van der Waals surface area (Å²) < 4.78 is 18.2. The molecular formula is C21H19FN4O3. The molecule has 1 aromatic carbocycles. The zero-order chi connectivity index (χ0) is 20.2. The molecule has 7 nitrogen and oxygen atoms in total. The molecule has 0 unspecified atom stereocenters. The van der Waals surface area contributed by atoms with Crippen molar-refractivity contribution < 1.29 is 18.4 Å². The number of rotatable bonds is 4. The molecule has 1 fully saturated rings. The van der Waals surface area contributed by atoms with E-state index >= 15 is 0 Å². The average Bonchev–Trinajstić information content (AvgIpc) is 3.30. The van der Waals surface area contributed by atoms with Crippen LogP contribution in [-0.2, 0) is 0 Å². The maximum Gasteiger partial charge on any atom is 0.289 e. The lowest BCUT2D eigenvalue weighted by atomic mass is 10.2. The van der Waals surface area contributed by atoms with Gasteiger partial charge >= 0.3 is 0 Å². The van der Waals surface area contributed by atoms with Crippen molar-refractivity contribution in [2.24, 2.45) is 0 Å². The van der Waals surface area contributed by atoms with Crippen LogP contribution in [0.5, 0.6) is 0 Å². The second-order valence-electron chi connectivity index (χ2n) is 6.62. The first-order valence-corrected chi connectivity index (χ1v) is 9.21. The molecule has 148 valence electrons. The number of pyridine rings is 1. The fraction of sp³-hybridized carbons (Fsp3) is 0.190. The Balaban J connectivity index is 1.39. The molecule has 4 rings (SSSR count). The first-order valence-electron chi connectivity index (χ1n) is 9.21. The summed E-state index contributed by atoms with van der Waals surface area (Å²) in [5.41, 5.74) is 0.966. The number of furan rings is 1. The summed E-state index contributed by atoms with van der Waals surface area (Å²) in [6, 6.07) is 12.3. The summed E-state index contributed by atoms with van der Waals surface area (Å²) in [4.78, 5) is 33.0. The fourth-order valence-electron chi connectivity index (χ4n) is 3.16. The zero-order valence-electron chi connectivity index (χ0n) is 15.5. The molecule has 2 aromatic heterocycles. The van der Waals surface area contributed by atoms with Gasteiger partial charge in [-0.3, -0.25) is 9.59 Å². The minimum atomic E-state index is -0.362. The number of hydrogen-bond donors (Lipinski definition) is 1. The average molecular weight is 394 g/mol. The molecule has 0 atom stereocenters. The van der Waals surface area contributed by atoms with Crippen molar-refractivity contribution in [2.45, 2.75) is 0 Å². The number of carbonyl (C=O) groups is 2. The number of aromatic nitrogens is 1. The Morgan fingerprint density at radius 2 is 1.79 bits per heavy atom. The number of nitrogens with zero attached hydrogens (tertiary/aromatic N) is 3. The minimum Gasteiger partial charge on any atom is -0.459 e. The Morgan fingerprint density at radius 1 is 1.03 bits per heavy atom. The minimum absolute atomic E-state index is 0.130.